The minimum absolute atomic E-state index is 0.0245. The van der Waals surface area contributed by atoms with E-state index in [1.165, 1.54) is 0 Å². The fourth-order valence-corrected chi connectivity index (χ4v) is 2.25. The van der Waals surface area contributed by atoms with Gasteiger partial charge in [-0.25, -0.2) is 4.79 Å². The standard InChI is InChI=1S/C14H15N3O3/c1-2-19-12(18)11-16-13(20-17-11)14(7-8-14)9-3-5-10(15)6-4-9/h3-6H,2,7-8,15H2,1H3. The summed E-state index contributed by atoms with van der Waals surface area (Å²) in [5.74, 6) is -0.121. The van der Waals surface area contributed by atoms with Crippen molar-refractivity contribution in [2.45, 2.75) is 25.2 Å². The SMILES string of the molecule is CCOC(=O)c1noc(C2(c3ccc(N)cc3)CC2)n1. The van der Waals surface area contributed by atoms with Gasteiger partial charge in [-0.1, -0.05) is 12.1 Å². The fourth-order valence-electron chi connectivity index (χ4n) is 2.25. The molecule has 0 spiro atoms. The van der Waals surface area contributed by atoms with Crippen LogP contribution in [0.15, 0.2) is 28.8 Å². The first-order valence-electron chi connectivity index (χ1n) is 6.53. The zero-order valence-electron chi connectivity index (χ0n) is 11.1. The van der Waals surface area contributed by atoms with Crippen molar-refractivity contribution in [3.63, 3.8) is 0 Å². The maximum Gasteiger partial charge on any atom is 0.379 e. The molecule has 0 aliphatic heterocycles. The van der Waals surface area contributed by atoms with E-state index in [0.29, 0.717) is 11.6 Å². The van der Waals surface area contributed by atoms with E-state index < -0.39 is 5.97 Å². The molecule has 1 heterocycles. The summed E-state index contributed by atoms with van der Waals surface area (Å²) >= 11 is 0. The highest BCUT2D eigenvalue weighted by Gasteiger charge is 2.51. The van der Waals surface area contributed by atoms with Crippen LogP contribution in [0.5, 0.6) is 0 Å². The first-order chi connectivity index (χ1) is 9.65. The van der Waals surface area contributed by atoms with Gasteiger partial charge in [0.05, 0.1) is 12.0 Å². The summed E-state index contributed by atoms with van der Waals surface area (Å²) in [6, 6.07) is 7.60. The molecule has 0 atom stereocenters. The summed E-state index contributed by atoms with van der Waals surface area (Å²) in [7, 11) is 0. The van der Waals surface area contributed by atoms with Crippen LogP contribution in [-0.2, 0) is 10.2 Å². The first kappa shape index (κ1) is 12.7. The maximum atomic E-state index is 11.6. The highest BCUT2D eigenvalue weighted by molar-refractivity contribution is 5.84. The third-order valence-electron chi connectivity index (χ3n) is 3.51. The summed E-state index contributed by atoms with van der Waals surface area (Å²) in [5.41, 5.74) is 7.21. The molecule has 0 unspecified atom stereocenters. The predicted molar refractivity (Wildman–Crippen MR) is 71.1 cm³/mol. The van der Waals surface area contributed by atoms with Gasteiger partial charge in [-0.2, -0.15) is 4.98 Å². The van der Waals surface area contributed by atoms with Crippen molar-refractivity contribution in [3.05, 3.63) is 41.5 Å². The normalized spacial score (nSPS) is 15.8. The Morgan fingerprint density at radius 3 is 2.70 bits per heavy atom. The maximum absolute atomic E-state index is 11.6. The van der Waals surface area contributed by atoms with Gasteiger partial charge in [0.25, 0.3) is 5.82 Å². The molecule has 1 saturated carbocycles. The average Bonchev–Trinajstić information content (AvgIpc) is 3.10. The molecule has 20 heavy (non-hydrogen) atoms. The Labute approximate surface area is 115 Å². The highest BCUT2D eigenvalue weighted by atomic mass is 16.5. The third kappa shape index (κ3) is 2.03. The van der Waals surface area contributed by atoms with Gasteiger partial charge in [0.2, 0.25) is 5.89 Å². The van der Waals surface area contributed by atoms with Gasteiger partial charge in [-0.3, -0.25) is 0 Å². The molecule has 0 radical (unpaired) electrons. The number of nitrogens with two attached hydrogens (primary N) is 1. The number of nitrogens with zero attached hydrogens (tertiary/aromatic N) is 2. The lowest BCUT2D eigenvalue weighted by Crippen LogP contribution is -2.11. The van der Waals surface area contributed by atoms with E-state index in [1.807, 2.05) is 24.3 Å². The largest absolute Gasteiger partial charge is 0.460 e. The van der Waals surface area contributed by atoms with Gasteiger partial charge in [-0.05, 0) is 42.6 Å². The fraction of sp³-hybridized carbons (Fsp3) is 0.357. The molecule has 1 aromatic carbocycles. The van der Waals surface area contributed by atoms with Crippen molar-refractivity contribution in [2.75, 3.05) is 12.3 Å². The molecule has 0 bridgehead atoms. The molecule has 1 fully saturated rings. The van der Waals surface area contributed by atoms with Crippen LogP contribution in [0.4, 0.5) is 5.69 Å². The second-order valence-electron chi connectivity index (χ2n) is 4.85. The smallest absolute Gasteiger partial charge is 0.379 e. The number of hydrogen-bond acceptors (Lipinski definition) is 6. The number of hydrogen-bond donors (Lipinski definition) is 1. The Morgan fingerprint density at radius 1 is 1.40 bits per heavy atom. The minimum atomic E-state index is -0.560. The van der Waals surface area contributed by atoms with Crippen LogP contribution >= 0.6 is 0 Å². The number of anilines is 1. The van der Waals surface area contributed by atoms with Crippen molar-refractivity contribution < 1.29 is 14.1 Å². The van der Waals surface area contributed by atoms with Crippen molar-refractivity contribution in [3.8, 4) is 0 Å². The molecule has 0 amide bonds. The first-order valence-corrected chi connectivity index (χ1v) is 6.53. The van der Waals surface area contributed by atoms with Gasteiger partial charge in [0, 0.05) is 5.69 Å². The number of ether oxygens (including phenoxy) is 1. The van der Waals surface area contributed by atoms with E-state index in [1.54, 1.807) is 6.92 Å². The van der Waals surface area contributed by atoms with Crippen molar-refractivity contribution >= 4 is 11.7 Å². The number of aromatic nitrogens is 2. The quantitative estimate of drug-likeness (QED) is 0.675. The summed E-state index contributed by atoms with van der Waals surface area (Å²) in [6.45, 7) is 2.02. The number of benzene rings is 1. The Balaban J connectivity index is 1.89. The van der Waals surface area contributed by atoms with E-state index >= 15 is 0 Å². The second kappa shape index (κ2) is 4.63. The van der Waals surface area contributed by atoms with Crippen LogP contribution in [0.1, 0.15) is 41.8 Å². The molecule has 1 aliphatic rings. The molecule has 6 heteroatoms. The van der Waals surface area contributed by atoms with Crippen LogP contribution in [0.3, 0.4) is 0 Å². The molecule has 1 aromatic heterocycles. The molecule has 6 nitrogen and oxygen atoms in total. The Hall–Kier alpha value is -2.37. The van der Waals surface area contributed by atoms with Crippen LogP contribution in [0.25, 0.3) is 0 Å². The lowest BCUT2D eigenvalue weighted by molar-refractivity contribution is 0.0508. The molecule has 104 valence electrons. The highest BCUT2D eigenvalue weighted by Crippen LogP contribution is 2.52. The van der Waals surface area contributed by atoms with Crippen LogP contribution in [-0.4, -0.2) is 22.7 Å². The zero-order chi connectivity index (χ0) is 14.2. The van der Waals surface area contributed by atoms with Crippen LogP contribution in [0, 0.1) is 0 Å². The number of carbonyl (C=O) groups is 1. The van der Waals surface area contributed by atoms with E-state index in [4.69, 9.17) is 15.0 Å². The molecule has 2 N–H and O–H groups in total. The molecule has 3 rings (SSSR count). The van der Waals surface area contributed by atoms with E-state index in [0.717, 1.165) is 18.4 Å². The average molecular weight is 273 g/mol. The van der Waals surface area contributed by atoms with E-state index in [2.05, 4.69) is 10.1 Å². The van der Waals surface area contributed by atoms with E-state index in [9.17, 15) is 4.79 Å². The lowest BCUT2D eigenvalue weighted by Gasteiger charge is -2.10. The zero-order valence-corrected chi connectivity index (χ0v) is 11.1. The van der Waals surface area contributed by atoms with Gasteiger partial charge in [0.15, 0.2) is 0 Å². The summed E-state index contributed by atoms with van der Waals surface area (Å²) in [4.78, 5) is 15.7. The van der Waals surface area contributed by atoms with Gasteiger partial charge < -0.3 is 15.0 Å². The van der Waals surface area contributed by atoms with Crippen LogP contribution < -0.4 is 5.73 Å². The predicted octanol–water partition coefficient (Wildman–Crippen LogP) is 1.91. The molecule has 1 aliphatic carbocycles. The number of carbonyl (C=O) groups excluding carboxylic acids is 1. The van der Waals surface area contributed by atoms with Crippen molar-refractivity contribution in [1.29, 1.82) is 0 Å². The van der Waals surface area contributed by atoms with Crippen molar-refractivity contribution in [2.24, 2.45) is 0 Å². The Morgan fingerprint density at radius 2 is 2.10 bits per heavy atom. The Kier molecular flexibility index (Phi) is 2.93. The van der Waals surface area contributed by atoms with Gasteiger partial charge >= 0.3 is 5.97 Å². The monoisotopic (exact) mass is 273 g/mol. The molecular formula is C14H15N3O3. The molecule has 2 aromatic rings. The topological polar surface area (TPSA) is 91.2 Å². The summed E-state index contributed by atoms with van der Waals surface area (Å²) < 4.78 is 10.1. The third-order valence-corrected chi connectivity index (χ3v) is 3.51. The number of rotatable bonds is 4. The second-order valence-corrected chi connectivity index (χ2v) is 4.85. The van der Waals surface area contributed by atoms with Crippen LogP contribution in [0.2, 0.25) is 0 Å². The Bertz CT molecular complexity index is 629. The summed E-state index contributed by atoms with van der Waals surface area (Å²) in [6.07, 6.45) is 1.84. The van der Waals surface area contributed by atoms with Gasteiger partial charge in [0.1, 0.15) is 0 Å². The lowest BCUT2D eigenvalue weighted by atomic mass is 9.96. The molecule has 0 saturated heterocycles. The minimum Gasteiger partial charge on any atom is -0.460 e. The molecular weight excluding hydrogens is 258 g/mol. The summed E-state index contributed by atoms with van der Waals surface area (Å²) in [5, 5.41) is 3.70. The number of nitrogen functional groups attached to an aromatic ring is 1. The van der Waals surface area contributed by atoms with E-state index in [-0.39, 0.29) is 17.8 Å². The van der Waals surface area contributed by atoms with Gasteiger partial charge in [-0.15, -0.1) is 0 Å². The van der Waals surface area contributed by atoms with Crippen molar-refractivity contribution in [1.82, 2.24) is 10.1 Å². The number of esters is 1.